The molecular formula is C24H27N7O. The van der Waals surface area contributed by atoms with Crippen molar-refractivity contribution in [3.63, 3.8) is 0 Å². The number of nitrogens with zero attached hydrogens (tertiary/aromatic N) is 5. The van der Waals surface area contributed by atoms with Crippen molar-refractivity contribution in [3.8, 4) is 0 Å². The van der Waals surface area contributed by atoms with Gasteiger partial charge in [-0.05, 0) is 62.6 Å². The maximum atomic E-state index is 12.5. The van der Waals surface area contributed by atoms with E-state index < -0.39 is 0 Å². The molecule has 164 valence electrons. The highest BCUT2D eigenvalue weighted by molar-refractivity contribution is 5.92. The molecular weight excluding hydrogens is 402 g/mol. The molecule has 1 amide bonds. The van der Waals surface area contributed by atoms with Gasteiger partial charge in [-0.25, -0.2) is 9.97 Å². The van der Waals surface area contributed by atoms with E-state index in [1.807, 2.05) is 62.0 Å². The summed E-state index contributed by atoms with van der Waals surface area (Å²) in [7, 11) is 0. The van der Waals surface area contributed by atoms with Crippen LogP contribution in [0, 0.1) is 13.8 Å². The minimum atomic E-state index is -0.0976. The lowest BCUT2D eigenvalue weighted by atomic mass is 10.0. The van der Waals surface area contributed by atoms with E-state index >= 15 is 0 Å². The number of anilines is 2. The molecule has 0 saturated carbocycles. The van der Waals surface area contributed by atoms with Crippen LogP contribution in [0.4, 0.5) is 11.5 Å². The van der Waals surface area contributed by atoms with E-state index in [2.05, 4.69) is 37.6 Å². The highest BCUT2D eigenvalue weighted by atomic mass is 16.1. The number of fused-ring (bicyclic) bond motifs is 1. The van der Waals surface area contributed by atoms with Gasteiger partial charge in [0.1, 0.15) is 11.3 Å². The summed E-state index contributed by atoms with van der Waals surface area (Å²) in [5.41, 5.74) is 6.14. The van der Waals surface area contributed by atoms with Crippen molar-refractivity contribution in [1.82, 2.24) is 24.7 Å². The standard InChI is InChI=1S/C24H27N7O/c1-5-31-14-21-24(30-31)29-22(13-26-21)27-17(4)20-10-19(9-7-16(20)3)28-23(32)11-18-8-6-15(2)12-25-18/h6-10,12-14,17H,5,11H2,1-4H3,(H,28,32)(H,27,29,30)/t17-/m0/s1. The van der Waals surface area contributed by atoms with Gasteiger partial charge in [0.15, 0.2) is 0 Å². The zero-order chi connectivity index (χ0) is 22.7. The highest BCUT2D eigenvalue weighted by Crippen LogP contribution is 2.25. The van der Waals surface area contributed by atoms with Gasteiger partial charge in [0.25, 0.3) is 0 Å². The number of benzene rings is 1. The number of aromatic nitrogens is 5. The van der Waals surface area contributed by atoms with Crippen LogP contribution in [0.3, 0.4) is 0 Å². The molecule has 0 saturated heterocycles. The van der Waals surface area contributed by atoms with Gasteiger partial charge in [-0.2, -0.15) is 5.10 Å². The second-order valence-corrected chi connectivity index (χ2v) is 7.94. The summed E-state index contributed by atoms with van der Waals surface area (Å²) < 4.78 is 1.82. The van der Waals surface area contributed by atoms with Gasteiger partial charge in [-0.3, -0.25) is 14.5 Å². The van der Waals surface area contributed by atoms with Crippen molar-refractivity contribution in [3.05, 3.63) is 71.3 Å². The Balaban J connectivity index is 1.46. The fraction of sp³-hybridized carbons (Fsp3) is 0.292. The van der Waals surface area contributed by atoms with Gasteiger partial charge in [0, 0.05) is 24.1 Å². The number of rotatable bonds is 7. The molecule has 0 aliphatic heterocycles. The Morgan fingerprint density at radius 3 is 2.72 bits per heavy atom. The molecule has 0 radical (unpaired) electrons. The quantitative estimate of drug-likeness (QED) is 0.457. The first kappa shape index (κ1) is 21.4. The van der Waals surface area contributed by atoms with E-state index in [0.29, 0.717) is 11.5 Å². The number of pyridine rings is 1. The smallest absolute Gasteiger partial charge is 0.230 e. The Morgan fingerprint density at radius 2 is 1.97 bits per heavy atom. The topological polar surface area (TPSA) is 97.6 Å². The summed E-state index contributed by atoms with van der Waals surface area (Å²) in [6.07, 6.45) is 5.61. The van der Waals surface area contributed by atoms with E-state index in [-0.39, 0.29) is 18.4 Å². The van der Waals surface area contributed by atoms with Gasteiger partial charge in [0.05, 0.1) is 24.9 Å². The Hall–Kier alpha value is -3.81. The number of carbonyl (C=O) groups excluding carboxylic acids is 1. The number of nitrogens with one attached hydrogen (secondary N) is 2. The molecule has 0 bridgehead atoms. The second kappa shape index (κ2) is 9.13. The fourth-order valence-electron chi connectivity index (χ4n) is 3.53. The molecule has 2 N–H and O–H groups in total. The van der Waals surface area contributed by atoms with E-state index in [1.54, 1.807) is 12.4 Å². The SMILES string of the molecule is CCn1cc2ncc(N[C@@H](C)c3cc(NC(=O)Cc4ccc(C)cn4)ccc3C)nc2n1. The lowest BCUT2D eigenvalue weighted by Crippen LogP contribution is -2.16. The average molecular weight is 430 g/mol. The average Bonchev–Trinajstić information content (AvgIpc) is 3.19. The molecule has 3 aromatic heterocycles. The third-order valence-corrected chi connectivity index (χ3v) is 5.31. The molecule has 0 fully saturated rings. The van der Waals surface area contributed by atoms with Crippen LogP contribution in [-0.2, 0) is 17.8 Å². The largest absolute Gasteiger partial charge is 0.362 e. The summed E-state index contributed by atoms with van der Waals surface area (Å²) in [6, 6.07) is 9.71. The van der Waals surface area contributed by atoms with E-state index in [1.165, 1.54) is 0 Å². The van der Waals surface area contributed by atoms with Crippen molar-refractivity contribution in [2.45, 2.75) is 46.7 Å². The van der Waals surface area contributed by atoms with E-state index in [4.69, 9.17) is 0 Å². The van der Waals surface area contributed by atoms with E-state index in [0.717, 1.165) is 40.1 Å². The molecule has 3 heterocycles. The Morgan fingerprint density at radius 1 is 1.12 bits per heavy atom. The summed E-state index contributed by atoms with van der Waals surface area (Å²) >= 11 is 0. The molecule has 1 atom stereocenters. The number of hydrogen-bond donors (Lipinski definition) is 2. The zero-order valence-corrected chi connectivity index (χ0v) is 18.8. The minimum absolute atomic E-state index is 0.0365. The Kier molecular flexibility index (Phi) is 6.11. The van der Waals surface area contributed by atoms with Crippen molar-refractivity contribution in [1.29, 1.82) is 0 Å². The predicted octanol–water partition coefficient (Wildman–Crippen LogP) is 4.21. The van der Waals surface area contributed by atoms with E-state index in [9.17, 15) is 4.79 Å². The second-order valence-electron chi connectivity index (χ2n) is 7.94. The molecule has 0 unspecified atom stereocenters. The maximum absolute atomic E-state index is 12.5. The molecule has 0 aliphatic carbocycles. The third-order valence-electron chi connectivity index (χ3n) is 5.31. The summed E-state index contributed by atoms with van der Waals surface area (Å²) in [5, 5.41) is 10.8. The van der Waals surface area contributed by atoms with Crippen LogP contribution in [0.5, 0.6) is 0 Å². The molecule has 32 heavy (non-hydrogen) atoms. The first-order chi connectivity index (χ1) is 15.4. The van der Waals surface area contributed by atoms with Crippen LogP contribution in [0.1, 0.15) is 42.3 Å². The van der Waals surface area contributed by atoms with Crippen LogP contribution in [0.15, 0.2) is 48.9 Å². The van der Waals surface area contributed by atoms with Gasteiger partial charge in [-0.15, -0.1) is 0 Å². The van der Waals surface area contributed by atoms with Gasteiger partial charge in [-0.1, -0.05) is 12.1 Å². The number of amides is 1. The third kappa shape index (κ3) is 4.91. The zero-order valence-electron chi connectivity index (χ0n) is 18.8. The minimum Gasteiger partial charge on any atom is -0.362 e. The number of hydrogen-bond acceptors (Lipinski definition) is 6. The first-order valence-electron chi connectivity index (χ1n) is 10.7. The molecule has 0 aliphatic rings. The lowest BCUT2D eigenvalue weighted by Gasteiger charge is -2.18. The van der Waals surface area contributed by atoms with Gasteiger partial charge < -0.3 is 10.6 Å². The Labute approximate surface area is 187 Å². The normalized spacial score (nSPS) is 12.0. The van der Waals surface area contributed by atoms with Crippen LogP contribution < -0.4 is 10.6 Å². The monoisotopic (exact) mass is 429 g/mol. The number of aryl methyl sites for hydroxylation is 3. The molecule has 1 aromatic carbocycles. The van der Waals surface area contributed by atoms with Crippen LogP contribution in [0.25, 0.3) is 11.2 Å². The molecule has 4 rings (SSSR count). The summed E-state index contributed by atoms with van der Waals surface area (Å²) in [6.45, 7) is 8.88. The summed E-state index contributed by atoms with van der Waals surface area (Å²) in [5.74, 6) is 0.560. The lowest BCUT2D eigenvalue weighted by molar-refractivity contribution is -0.115. The van der Waals surface area contributed by atoms with Crippen molar-refractivity contribution >= 4 is 28.6 Å². The van der Waals surface area contributed by atoms with Crippen LogP contribution in [-0.4, -0.2) is 30.6 Å². The van der Waals surface area contributed by atoms with Crippen molar-refractivity contribution < 1.29 is 4.79 Å². The maximum Gasteiger partial charge on any atom is 0.230 e. The van der Waals surface area contributed by atoms with Gasteiger partial charge >= 0.3 is 0 Å². The van der Waals surface area contributed by atoms with Crippen molar-refractivity contribution in [2.24, 2.45) is 0 Å². The molecule has 4 aromatic rings. The van der Waals surface area contributed by atoms with Crippen LogP contribution >= 0.6 is 0 Å². The van der Waals surface area contributed by atoms with Crippen LogP contribution in [0.2, 0.25) is 0 Å². The Bertz CT molecular complexity index is 1250. The summed E-state index contributed by atoms with van der Waals surface area (Å²) in [4.78, 5) is 25.8. The number of carbonyl (C=O) groups is 1. The first-order valence-corrected chi connectivity index (χ1v) is 10.7. The predicted molar refractivity (Wildman–Crippen MR) is 126 cm³/mol. The fourth-order valence-corrected chi connectivity index (χ4v) is 3.53. The molecule has 0 spiro atoms. The van der Waals surface area contributed by atoms with Gasteiger partial charge in [0.2, 0.25) is 11.6 Å². The molecule has 8 heteroatoms. The van der Waals surface area contributed by atoms with Crippen molar-refractivity contribution in [2.75, 3.05) is 10.6 Å². The molecule has 8 nitrogen and oxygen atoms in total. The highest BCUT2D eigenvalue weighted by Gasteiger charge is 2.13.